The molecule has 0 aliphatic heterocycles. The van der Waals surface area contributed by atoms with Gasteiger partial charge in [-0.1, -0.05) is 0 Å². The summed E-state index contributed by atoms with van der Waals surface area (Å²) in [6.07, 6.45) is 3.47. The van der Waals surface area contributed by atoms with Crippen molar-refractivity contribution in [2.75, 3.05) is 0 Å². The molecular formula is C13H18N6S2. The molecule has 6 nitrogen and oxygen atoms in total. The molecule has 4 aliphatic rings. The van der Waals surface area contributed by atoms with Crippen LogP contribution < -0.4 is 22.3 Å². The molecule has 4 fully saturated rings. The normalized spacial score (nSPS) is 45.5. The summed E-state index contributed by atoms with van der Waals surface area (Å²) >= 11 is 9.70. The van der Waals surface area contributed by atoms with E-state index in [2.05, 4.69) is 21.1 Å². The third-order valence-corrected chi connectivity index (χ3v) is 5.96. The molecule has 0 amide bonds. The Bertz CT molecular complexity index is 531. The fraction of sp³-hybridized carbons (Fsp3) is 0.692. The molecule has 4 aliphatic carbocycles. The maximum absolute atomic E-state index is 5.49. The monoisotopic (exact) mass is 322 g/mol. The SMILES string of the molecule is NC(=S)N/N=C1\C[C@@H]2[C@H]3C/C(=N\NC(N)=S)[C@H]4[C@@H]3C[C@@H]2[C@@H]14. The summed E-state index contributed by atoms with van der Waals surface area (Å²) in [7, 11) is 0. The number of hydrogen-bond donors (Lipinski definition) is 4. The van der Waals surface area contributed by atoms with Gasteiger partial charge in [0.1, 0.15) is 0 Å². The molecule has 0 saturated heterocycles. The zero-order valence-corrected chi connectivity index (χ0v) is 13.1. The smallest absolute Gasteiger partial charge is 0.184 e. The summed E-state index contributed by atoms with van der Waals surface area (Å²) in [5.41, 5.74) is 18.9. The van der Waals surface area contributed by atoms with Crippen molar-refractivity contribution in [3.63, 3.8) is 0 Å². The second-order valence-electron chi connectivity index (χ2n) is 6.51. The molecule has 0 aromatic rings. The van der Waals surface area contributed by atoms with Gasteiger partial charge in [-0.05, 0) is 67.4 Å². The number of hydrogen-bond acceptors (Lipinski definition) is 4. The van der Waals surface area contributed by atoms with Crippen LogP contribution in [0.5, 0.6) is 0 Å². The number of rotatable bonds is 2. The zero-order chi connectivity index (χ0) is 14.7. The molecule has 4 rings (SSSR count). The molecular weight excluding hydrogens is 304 g/mol. The lowest BCUT2D eigenvalue weighted by Gasteiger charge is -2.24. The van der Waals surface area contributed by atoms with Gasteiger partial charge in [-0.15, -0.1) is 0 Å². The van der Waals surface area contributed by atoms with E-state index in [4.69, 9.17) is 35.9 Å². The van der Waals surface area contributed by atoms with Crippen LogP contribution in [0.1, 0.15) is 19.3 Å². The molecule has 0 heterocycles. The molecule has 0 radical (unpaired) electrons. The number of thiocarbonyl (C=S) groups is 2. The van der Waals surface area contributed by atoms with Gasteiger partial charge >= 0.3 is 0 Å². The molecule has 21 heavy (non-hydrogen) atoms. The zero-order valence-electron chi connectivity index (χ0n) is 11.5. The average molecular weight is 322 g/mol. The summed E-state index contributed by atoms with van der Waals surface area (Å²) < 4.78 is 0. The first-order valence-corrected chi connectivity index (χ1v) is 8.11. The molecule has 6 N–H and O–H groups in total. The maximum atomic E-state index is 5.49. The van der Waals surface area contributed by atoms with Crippen LogP contribution in [-0.2, 0) is 0 Å². The maximum Gasteiger partial charge on any atom is 0.184 e. The van der Waals surface area contributed by atoms with Gasteiger partial charge in [-0.2, -0.15) is 10.2 Å². The minimum Gasteiger partial charge on any atom is -0.375 e. The molecule has 0 aromatic heterocycles. The quantitative estimate of drug-likeness (QED) is 0.430. The average Bonchev–Trinajstić information content (AvgIpc) is 3.03. The predicted molar refractivity (Wildman–Crippen MR) is 89.5 cm³/mol. The van der Waals surface area contributed by atoms with E-state index >= 15 is 0 Å². The highest BCUT2D eigenvalue weighted by Gasteiger charge is 2.67. The minimum absolute atomic E-state index is 0.227. The van der Waals surface area contributed by atoms with Gasteiger partial charge in [-0.25, -0.2) is 0 Å². The Morgan fingerprint density at radius 3 is 1.67 bits per heavy atom. The van der Waals surface area contributed by atoms with Crippen molar-refractivity contribution in [3.05, 3.63) is 0 Å². The van der Waals surface area contributed by atoms with Gasteiger partial charge in [0.15, 0.2) is 10.2 Å². The van der Waals surface area contributed by atoms with Crippen LogP contribution >= 0.6 is 24.4 Å². The third-order valence-electron chi connectivity index (χ3n) is 5.78. The summed E-state index contributed by atoms with van der Waals surface area (Å²) in [6, 6.07) is 0. The number of nitrogens with zero attached hydrogens (tertiary/aromatic N) is 2. The van der Waals surface area contributed by atoms with Crippen molar-refractivity contribution in [3.8, 4) is 0 Å². The van der Waals surface area contributed by atoms with Crippen molar-refractivity contribution >= 4 is 46.1 Å². The van der Waals surface area contributed by atoms with E-state index in [1.165, 1.54) is 17.8 Å². The van der Waals surface area contributed by atoms with Crippen LogP contribution in [0.3, 0.4) is 0 Å². The summed E-state index contributed by atoms with van der Waals surface area (Å²) in [6.45, 7) is 0. The molecule has 0 spiro atoms. The number of hydrazone groups is 2. The summed E-state index contributed by atoms with van der Waals surface area (Å²) in [5, 5.41) is 9.39. The van der Waals surface area contributed by atoms with E-state index < -0.39 is 0 Å². The van der Waals surface area contributed by atoms with Crippen LogP contribution in [0.25, 0.3) is 0 Å². The Morgan fingerprint density at radius 1 is 0.857 bits per heavy atom. The topological polar surface area (TPSA) is 101 Å². The molecule has 112 valence electrons. The van der Waals surface area contributed by atoms with Crippen LogP contribution in [-0.4, -0.2) is 21.6 Å². The highest BCUT2D eigenvalue weighted by Crippen LogP contribution is 2.68. The lowest BCUT2D eigenvalue weighted by atomic mass is 9.79. The third kappa shape index (κ3) is 1.88. The highest BCUT2D eigenvalue weighted by atomic mass is 32.1. The van der Waals surface area contributed by atoms with Crippen LogP contribution in [0.15, 0.2) is 10.2 Å². The predicted octanol–water partition coefficient (Wildman–Crippen LogP) is 0.287. The van der Waals surface area contributed by atoms with Crippen molar-refractivity contribution < 1.29 is 0 Å². The summed E-state index contributed by atoms with van der Waals surface area (Å²) in [4.78, 5) is 0. The van der Waals surface area contributed by atoms with E-state index in [-0.39, 0.29) is 10.2 Å². The number of fused-ring (bicyclic) bond motifs is 2. The van der Waals surface area contributed by atoms with Gasteiger partial charge in [0, 0.05) is 23.3 Å². The minimum atomic E-state index is 0.227. The second-order valence-corrected chi connectivity index (χ2v) is 7.39. The standard InChI is InChI=1S/C13H18N6S2/c14-12(20)18-16-8-2-4-5-3-9(17-19-13(15)21)11-7(5)1-6(4)10(8)11/h4-7,10-11H,1-3H2,(H3,14,18,20)(H3,15,19,21)/b16-8+,17-9+/t4-,5-,6-,7+,10-,11+/m1/s1. The first kappa shape index (κ1) is 13.4. The van der Waals surface area contributed by atoms with Crippen molar-refractivity contribution in [1.82, 2.24) is 10.9 Å². The van der Waals surface area contributed by atoms with E-state index in [1.54, 1.807) is 0 Å². The number of nitrogens with two attached hydrogens (primary N) is 2. The van der Waals surface area contributed by atoms with Gasteiger partial charge in [0.05, 0.1) is 0 Å². The first-order chi connectivity index (χ1) is 10.1. The van der Waals surface area contributed by atoms with Gasteiger partial charge in [0.25, 0.3) is 0 Å². The van der Waals surface area contributed by atoms with Crippen molar-refractivity contribution in [2.45, 2.75) is 19.3 Å². The van der Waals surface area contributed by atoms with Gasteiger partial charge in [0.2, 0.25) is 0 Å². The fourth-order valence-corrected chi connectivity index (χ4v) is 5.51. The lowest BCUT2D eigenvalue weighted by molar-refractivity contribution is 0.242. The lowest BCUT2D eigenvalue weighted by Crippen LogP contribution is -2.31. The van der Waals surface area contributed by atoms with Crippen LogP contribution in [0, 0.1) is 35.5 Å². The molecule has 2 bridgehead atoms. The Labute approximate surface area is 133 Å². The number of nitrogens with one attached hydrogen (secondary N) is 2. The molecule has 6 atom stereocenters. The fourth-order valence-electron chi connectivity index (χ4n) is 5.42. The first-order valence-electron chi connectivity index (χ1n) is 7.30. The molecule has 0 aromatic carbocycles. The molecule has 4 saturated carbocycles. The van der Waals surface area contributed by atoms with E-state index in [9.17, 15) is 0 Å². The Kier molecular flexibility index (Phi) is 2.94. The van der Waals surface area contributed by atoms with Crippen molar-refractivity contribution in [2.24, 2.45) is 57.2 Å². The van der Waals surface area contributed by atoms with Gasteiger partial charge in [-0.3, -0.25) is 10.9 Å². The highest BCUT2D eigenvalue weighted by molar-refractivity contribution is 7.80. The van der Waals surface area contributed by atoms with Gasteiger partial charge < -0.3 is 11.5 Å². The van der Waals surface area contributed by atoms with Crippen molar-refractivity contribution in [1.29, 1.82) is 0 Å². The molecule has 0 unspecified atom stereocenters. The Hall–Kier alpha value is -1.28. The largest absolute Gasteiger partial charge is 0.375 e. The summed E-state index contributed by atoms with van der Waals surface area (Å²) in [5.74, 6) is 4.00. The van der Waals surface area contributed by atoms with E-state index in [1.807, 2.05) is 0 Å². The second kappa shape index (κ2) is 4.61. The Morgan fingerprint density at radius 2 is 1.29 bits per heavy atom. The van der Waals surface area contributed by atoms with E-state index in [0.717, 1.165) is 36.5 Å². The Balaban J connectivity index is 1.63. The van der Waals surface area contributed by atoms with Crippen LogP contribution in [0.2, 0.25) is 0 Å². The van der Waals surface area contributed by atoms with Crippen LogP contribution in [0.4, 0.5) is 0 Å². The van der Waals surface area contributed by atoms with E-state index in [0.29, 0.717) is 11.8 Å². The molecule has 8 heteroatoms.